The zero-order valence-corrected chi connectivity index (χ0v) is 11.6. The third kappa shape index (κ3) is 5.58. The third-order valence-corrected chi connectivity index (χ3v) is 3.11. The van der Waals surface area contributed by atoms with Crippen molar-refractivity contribution < 1.29 is 30.3 Å². The molecule has 0 bridgehead atoms. The van der Waals surface area contributed by atoms with E-state index in [-0.39, 0.29) is 43.4 Å². The highest BCUT2D eigenvalue weighted by atomic mass is 16.3. The van der Waals surface area contributed by atoms with Crippen LogP contribution in [0.3, 0.4) is 0 Å². The summed E-state index contributed by atoms with van der Waals surface area (Å²) < 4.78 is 0. The minimum atomic E-state index is -1.04. The third-order valence-electron chi connectivity index (χ3n) is 3.11. The number of rotatable bonds is 8. The summed E-state index contributed by atoms with van der Waals surface area (Å²) in [5.41, 5.74) is 0.476. The van der Waals surface area contributed by atoms with E-state index in [4.69, 9.17) is 10.2 Å². The van der Waals surface area contributed by atoms with E-state index in [1.165, 1.54) is 18.2 Å². The maximum absolute atomic E-state index is 12.0. The number of aliphatic hydroxyl groups is 3. The van der Waals surface area contributed by atoms with Crippen LogP contribution in [0.15, 0.2) is 18.2 Å². The number of phenolic OH excluding ortho intramolecular Hbond substituents is 2. The van der Waals surface area contributed by atoms with Crippen molar-refractivity contribution in [2.45, 2.75) is 18.9 Å². The molecule has 0 aromatic heterocycles. The average molecular weight is 299 g/mol. The van der Waals surface area contributed by atoms with Crippen molar-refractivity contribution >= 4 is 5.91 Å². The van der Waals surface area contributed by atoms with E-state index < -0.39 is 18.6 Å². The number of nitrogens with one attached hydrogen (secondary N) is 1. The van der Waals surface area contributed by atoms with Crippen molar-refractivity contribution in [2.75, 3.05) is 19.8 Å². The van der Waals surface area contributed by atoms with Gasteiger partial charge in [0.2, 0.25) is 5.91 Å². The molecule has 0 aliphatic carbocycles. The summed E-state index contributed by atoms with van der Waals surface area (Å²) in [6.07, 6.45) is -0.652. The maximum atomic E-state index is 12.0. The standard InChI is InChI=1S/C14H21NO6/c16-4-3-10(14(21)15-7-12(19)8-17)5-9-1-2-11(18)6-13(9)20/h1-2,6,10,12,16-20H,3-5,7-8H2,(H,15,21). The molecule has 0 radical (unpaired) electrons. The van der Waals surface area contributed by atoms with Gasteiger partial charge in [0.25, 0.3) is 0 Å². The molecule has 1 aromatic carbocycles. The largest absolute Gasteiger partial charge is 0.508 e. The summed E-state index contributed by atoms with van der Waals surface area (Å²) in [5.74, 6) is -1.17. The van der Waals surface area contributed by atoms with Gasteiger partial charge in [-0.3, -0.25) is 4.79 Å². The molecule has 0 aliphatic heterocycles. The first-order valence-electron chi connectivity index (χ1n) is 6.66. The van der Waals surface area contributed by atoms with E-state index in [9.17, 15) is 20.1 Å². The molecule has 118 valence electrons. The quantitative estimate of drug-likeness (QED) is 0.369. The van der Waals surface area contributed by atoms with Crippen molar-refractivity contribution in [3.8, 4) is 11.5 Å². The van der Waals surface area contributed by atoms with E-state index in [0.717, 1.165) is 0 Å². The van der Waals surface area contributed by atoms with Gasteiger partial charge >= 0.3 is 0 Å². The molecule has 1 rings (SSSR count). The summed E-state index contributed by atoms with van der Waals surface area (Å²) in [7, 11) is 0. The Labute approximate surface area is 122 Å². The molecule has 0 saturated carbocycles. The van der Waals surface area contributed by atoms with Crippen LogP contribution in [0.25, 0.3) is 0 Å². The number of aromatic hydroxyl groups is 2. The zero-order valence-electron chi connectivity index (χ0n) is 11.6. The molecule has 0 spiro atoms. The number of benzene rings is 1. The SMILES string of the molecule is O=C(NCC(O)CO)C(CCO)Cc1ccc(O)cc1O. The summed E-state index contributed by atoms with van der Waals surface area (Å²) in [5, 5.41) is 48.3. The van der Waals surface area contributed by atoms with Gasteiger partial charge in [-0.25, -0.2) is 0 Å². The Bertz CT molecular complexity index is 465. The van der Waals surface area contributed by atoms with Crippen molar-refractivity contribution in [1.29, 1.82) is 0 Å². The summed E-state index contributed by atoms with van der Waals surface area (Å²) in [6.45, 7) is -0.734. The van der Waals surface area contributed by atoms with E-state index in [2.05, 4.69) is 5.32 Å². The zero-order chi connectivity index (χ0) is 15.8. The number of aliphatic hydroxyl groups excluding tert-OH is 3. The minimum Gasteiger partial charge on any atom is -0.508 e. The normalized spacial score (nSPS) is 13.7. The predicted octanol–water partition coefficient (Wildman–Crippen LogP) is -0.892. The molecule has 1 amide bonds. The van der Waals surface area contributed by atoms with Gasteiger partial charge in [-0.1, -0.05) is 6.07 Å². The van der Waals surface area contributed by atoms with Crippen LogP contribution in [-0.4, -0.2) is 57.3 Å². The van der Waals surface area contributed by atoms with Gasteiger partial charge in [-0.15, -0.1) is 0 Å². The molecule has 6 N–H and O–H groups in total. The summed E-state index contributed by atoms with van der Waals surface area (Å²) in [4.78, 5) is 12.0. The van der Waals surface area contributed by atoms with Gasteiger partial charge in [0.1, 0.15) is 11.5 Å². The second-order valence-corrected chi connectivity index (χ2v) is 4.81. The molecule has 7 heteroatoms. The van der Waals surface area contributed by atoms with Crippen molar-refractivity contribution in [2.24, 2.45) is 5.92 Å². The summed E-state index contributed by atoms with van der Waals surface area (Å²) in [6, 6.07) is 4.09. The van der Waals surface area contributed by atoms with Crippen LogP contribution in [0, 0.1) is 5.92 Å². The highest BCUT2D eigenvalue weighted by molar-refractivity contribution is 5.79. The van der Waals surface area contributed by atoms with Gasteiger partial charge in [0, 0.05) is 25.1 Å². The van der Waals surface area contributed by atoms with Crippen LogP contribution in [-0.2, 0) is 11.2 Å². The predicted molar refractivity (Wildman–Crippen MR) is 74.8 cm³/mol. The molecule has 7 nitrogen and oxygen atoms in total. The first-order valence-corrected chi connectivity index (χ1v) is 6.66. The van der Waals surface area contributed by atoms with Gasteiger partial charge in [0.05, 0.1) is 12.7 Å². The Morgan fingerprint density at radius 3 is 2.52 bits per heavy atom. The fourth-order valence-electron chi connectivity index (χ4n) is 1.90. The van der Waals surface area contributed by atoms with E-state index in [0.29, 0.717) is 5.56 Å². The lowest BCUT2D eigenvalue weighted by Crippen LogP contribution is -2.38. The maximum Gasteiger partial charge on any atom is 0.223 e. The molecular formula is C14H21NO6. The molecule has 0 fully saturated rings. The fraction of sp³-hybridized carbons (Fsp3) is 0.500. The molecule has 0 aliphatic rings. The lowest BCUT2D eigenvalue weighted by Gasteiger charge is -2.17. The number of amides is 1. The minimum absolute atomic E-state index is 0.0783. The topological polar surface area (TPSA) is 130 Å². The molecule has 21 heavy (non-hydrogen) atoms. The van der Waals surface area contributed by atoms with Crippen molar-refractivity contribution in [1.82, 2.24) is 5.32 Å². The van der Waals surface area contributed by atoms with Crippen LogP contribution in [0.1, 0.15) is 12.0 Å². The van der Waals surface area contributed by atoms with E-state index >= 15 is 0 Å². The Kier molecular flexibility index (Phi) is 6.93. The van der Waals surface area contributed by atoms with Gasteiger partial charge in [0.15, 0.2) is 0 Å². The van der Waals surface area contributed by atoms with Crippen LogP contribution < -0.4 is 5.32 Å². The number of phenols is 2. The first-order chi connectivity index (χ1) is 9.97. The van der Waals surface area contributed by atoms with Gasteiger partial charge < -0.3 is 30.8 Å². The van der Waals surface area contributed by atoms with Crippen molar-refractivity contribution in [3.63, 3.8) is 0 Å². The van der Waals surface area contributed by atoms with Crippen LogP contribution in [0.4, 0.5) is 0 Å². The van der Waals surface area contributed by atoms with E-state index in [1.807, 2.05) is 0 Å². The highest BCUT2D eigenvalue weighted by Crippen LogP contribution is 2.25. The lowest BCUT2D eigenvalue weighted by molar-refractivity contribution is -0.126. The van der Waals surface area contributed by atoms with Gasteiger partial charge in [-0.05, 0) is 24.5 Å². The molecule has 2 unspecified atom stereocenters. The molecule has 0 saturated heterocycles. The smallest absolute Gasteiger partial charge is 0.223 e. The second-order valence-electron chi connectivity index (χ2n) is 4.81. The second kappa shape index (κ2) is 8.46. The average Bonchev–Trinajstić information content (AvgIpc) is 2.46. The highest BCUT2D eigenvalue weighted by Gasteiger charge is 2.20. The fourth-order valence-corrected chi connectivity index (χ4v) is 1.90. The molecule has 0 heterocycles. The first kappa shape index (κ1) is 17.2. The Morgan fingerprint density at radius 2 is 1.95 bits per heavy atom. The number of hydrogen-bond acceptors (Lipinski definition) is 6. The lowest BCUT2D eigenvalue weighted by atomic mass is 9.95. The monoisotopic (exact) mass is 299 g/mol. The van der Waals surface area contributed by atoms with Gasteiger partial charge in [-0.2, -0.15) is 0 Å². The Balaban J connectivity index is 2.70. The molecule has 1 aromatic rings. The Hall–Kier alpha value is -1.83. The Morgan fingerprint density at radius 1 is 1.24 bits per heavy atom. The van der Waals surface area contributed by atoms with Crippen molar-refractivity contribution in [3.05, 3.63) is 23.8 Å². The van der Waals surface area contributed by atoms with Crippen LogP contribution in [0.2, 0.25) is 0 Å². The number of carbonyl (C=O) groups excluding carboxylic acids is 1. The molecule has 2 atom stereocenters. The summed E-state index contributed by atoms with van der Waals surface area (Å²) >= 11 is 0. The number of carbonyl (C=O) groups is 1. The number of hydrogen-bond donors (Lipinski definition) is 6. The molecular weight excluding hydrogens is 278 g/mol. The van der Waals surface area contributed by atoms with Crippen LogP contribution >= 0.6 is 0 Å². The van der Waals surface area contributed by atoms with Crippen LogP contribution in [0.5, 0.6) is 11.5 Å². The van der Waals surface area contributed by atoms with E-state index in [1.54, 1.807) is 0 Å².